The summed E-state index contributed by atoms with van der Waals surface area (Å²) in [5, 5.41) is 2.92. The van der Waals surface area contributed by atoms with E-state index < -0.39 is 6.10 Å². The largest absolute Gasteiger partial charge is 0.481 e. The van der Waals surface area contributed by atoms with Gasteiger partial charge in [-0.25, -0.2) is 0 Å². The maximum atomic E-state index is 12.5. The molecule has 1 amide bonds. The molecule has 0 spiro atoms. The Bertz CT molecular complexity index is 773. The number of benzene rings is 2. The number of nitrogens with one attached hydrogen (secondary N) is 1. The minimum atomic E-state index is -0.584. The number of carbonyl (C=O) groups excluding carboxylic acids is 1. The Morgan fingerprint density at radius 3 is 2.21 bits per heavy atom. The van der Waals surface area contributed by atoms with Crippen LogP contribution in [0.5, 0.6) is 5.75 Å². The summed E-state index contributed by atoms with van der Waals surface area (Å²) in [5.41, 5.74) is 3.23. The summed E-state index contributed by atoms with van der Waals surface area (Å²) in [5.74, 6) is 0.525. The van der Waals surface area contributed by atoms with Crippen molar-refractivity contribution in [2.45, 2.75) is 39.2 Å². The fourth-order valence-corrected chi connectivity index (χ4v) is 3.11. The highest BCUT2D eigenvalue weighted by Crippen LogP contribution is 2.25. The minimum Gasteiger partial charge on any atom is -0.481 e. The number of amides is 1. The Kier molecular flexibility index (Phi) is 6.25. The topological polar surface area (TPSA) is 50.8 Å². The molecule has 0 bridgehead atoms. The Hall–Kier alpha value is -2.53. The molecule has 1 heterocycles. The molecule has 5 heteroatoms. The quantitative estimate of drug-likeness (QED) is 0.841. The van der Waals surface area contributed by atoms with E-state index in [9.17, 15) is 4.79 Å². The van der Waals surface area contributed by atoms with Gasteiger partial charge in [-0.3, -0.25) is 4.79 Å². The van der Waals surface area contributed by atoms with Gasteiger partial charge in [-0.05, 0) is 54.3 Å². The molecule has 0 aliphatic carbocycles. The van der Waals surface area contributed by atoms with Crippen LogP contribution in [0.15, 0.2) is 48.5 Å². The van der Waals surface area contributed by atoms with Crippen LogP contribution in [0.3, 0.4) is 0 Å². The molecule has 28 heavy (non-hydrogen) atoms. The van der Waals surface area contributed by atoms with Gasteiger partial charge in [0.1, 0.15) is 5.75 Å². The zero-order valence-electron chi connectivity index (χ0n) is 17.2. The van der Waals surface area contributed by atoms with Gasteiger partial charge < -0.3 is 19.7 Å². The summed E-state index contributed by atoms with van der Waals surface area (Å²) in [6, 6.07) is 15.8. The molecule has 150 valence electrons. The first kappa shape index (κ1) is 20.2. The van der Waals surface area contributed by atoms with E-state index in [0.717, 1.165) is 37.7 Å². The third kappa shape index (κ3) is 5.26. The van der Waals surface area contributed by atoms with E-state index in [0.29, 0.717) is 5.75 Å². The van der Waals surface area contributed by atoms with Crippen molar-refractivity contribution < 1.29 is 14.3 Å². The lowest BCUT2D eigenvalue weighted by Gasteiger charge is -2.29. The van der Waals surface area contributed by atoms with Crippen LogP contribution < -0.4 is 15.0 Å². The minimum absolute atomic E-state index is 0.0922. The normalized spacial score (nSPS) is 15.8. The average molecular weight is 383 g/mol. The summed E-state index contributed by atoms with van der Waals surface area (Å²) >= 11 is 0. The molecular weight excluding hydrogens is 352 g/mol. The lowest BCUT2D eigenvalue weighted by atomic mass is 9.87. The van der Waals surface area contributed by atoms with Gasteiger partial charge >= 0.3 is 0 Å². The zero-order chi connectivity index (χ0) is 20.1. The van der Waals surface area contributed by atoms with Crippen molar-refractivity contribution >= 4 is 17.3 Å². The second-order valence-electron chi connectivity index (χ2n) is 8.17. The standard InChI is InChI=1S/C23H30N2O3/c1-17(28-21-11-5-18(6-12-21)23(2,3)4)22(26)24-19-7-9-20(10-8-19)25-13-15-27-16-14-25/h5-12,17H,13-16H2,1-4H3,(H,24,26)/t17-/m1/s1. The Labute approximate surface area is 167 Å². The number of hydrogen-bond acceptors (Lipinski definition) is 4. The maximum absolute atomic E-state index is 12.5. The zero-order valence-corrected chi connectivity index (χ0v) is 17.2. The Balaban J connectivity index is 1.55. The van der Waals surface area contributed by atoms with E-state index in [4.69, 9.17) is 9.47 Å². The first-order chi connectivity index (χ1) is 13.3. The molecule has 1 fully saturated rings. The van der Waals surface area contributed by atoms with E-state index in [1.54, 1.807) is 6.92 Å². The maximum Gasteiger partial charge on any atom is 0.265 e. The van der Waals surface area contributed by atoms with Crippen molar-refractivity contribution in [3.05, 3.63) is 54.1 Å². The van der Waals surface area contributed by atoms with Crippen molar-refractivity contribution in [2.75, 3.05) is 36.5 Å². The highest BCUT2D eigenvalue weighted by Gasteiger charge is 2.17. The van der Waals surface area contributed by atoms with Crippen LogP contribution in [0.25, 0.3) is 0 Å². The molecule has 1 atom stereocenters. The van der Waals surface area contributed by atoms with Gasteiger partial charge in [-0.2, -0.15) is 0 Å². The highest BCUT2D eigenvalue weighted by molar-refractivity contribution is 5.94. The average Bonchev–Trinajstić information content (AvgIpc) is 2.69. The first-order valence-electron chi connectivity index (χ1n) is 9.84. The van der Waals surface area contributed by atoms with E-state index in [1.165, 1.54) is 5.56 Å². The molecule has 2 aromatic carbocycles. The predicted octanol–water partition coefficient (Wildman–Crippen LogP) is 4.23. The summed E-state index contributed by atoms with van der Waals surface area (Å²) in [6.45, 7) is 11.6. The lowest BCUT2D eigenvalue weighted by Crippen LogP contribution is -2.36. The summed E-state index contributed by atoms with van der Waals surface area (Å²) < 4.78 is 11.2. The number of nitrogens with zero attached hydrogens (tertiary/aromatic N) is 1. The second-order valence-corrected chi connectivity index (χ2v) is 8.17. The molecule has 5 nitrogen and oxygen atoms in total. The van der Waals surface area contributed by atoms with Crippen LogP contribution in [-0.2, 0) is 14.9 Å². The van der Waals surface area contributed by atoms with Gasteiger partial charge in [0.15, 0.2) is 6.10 Å². The molecule has 1 N–H and O–H groups in total. The monoisotopic (exact) mass is 382 g/mol. The number of anilines is 2. The van der Waals surface area contributed by atoms with E-state index >= 15 is 0 Å². The van der Waals surface area contributed by atoms with Gasteiger partial charge in [-0.15, -0.1) is 0 Å². The lowest BCUT2D eigenvalue weighted by molar-refractivity contribution is -0.122. The van der Waals surface area contributed by atoms with E-state index in [2.05, 4.69) is 31.0 Å². The second kappa shape index (κ2) is 8.65. The number of morpholine rings is 1. The molecule has 0 aromatic heterocycles. The molecule has 3 rings (SSSR count). The molecular formula is C23H30N2O3. The third-order valence-corrected chi connectivity index (χ3v) is 4.91. The number of ether oxygens (including phenoxy) is 2. The van der Waals surface area contributed by atoms with Crippen molar-refractivity contribution in [3.63, 3.8) is 0 Å². The van der Waals surface area contributed by atoms with Gasteiger partial charge in [0.25, 0.3) is 5.91 Å². The van der Waals surface area contributed by atoms with Crippen molar-refractivity contribution in [1.29, 1.82) is 0 Å². The summed E-state index contributed by atoms with van der Waals surface area (Å²) in [4.78, 5) is 14.7. The third-order valence-electron chi connectivity index (χ3n) is 4.91. The number of carbonyl (C=O) groups is 1. The number of hydrogen-bond donors (Lipinski definition) is 1. The molecule has 0 unspecified atom stereocenters. The predicted molar refractivity (Wildman–Crippen MR) is 113 cm³/mol. The van der Waals surface area contributed by atoms with E-state index in [-0.39, 0.29) is 11.3 Å². The summed E-state index contributed by atoms with van der Waals surface area (Å²) in [6.07, 6.45) is -0.584. The molecule has 1 saturated heterocycles. The highest BCUT2D eigenvalue weighted by atomic mass is 16.5. The fraction of sp³-hybridized carbons (Fsp3) is 0.435. The first-order valence-corrected chi connectivity index (χ1v) is 9.84. The van der Waals surface area contributed by atoms with Crippen LogP contribution in [0.4, 0.5) is 11.4 Å². The van der Waals surface area contributed by atoms with Gasteiger partial charge in [0.2, 0.25) is 0 Å². The van der Waals surface area contributed by atoms with Gasteiger partial charge in [-0.1, -0.05) is 32.9 Å². The molecule has 0 radical (unpaired) electrons. The van der Waals surface area contributed by atoms with Crippen LogP contribution in [0.1, 0.15) is 33.3 Å². The summed E-state index contributed by atoms with van der Waals surface area (Å²) in [7, 11) is 0. The van der Waals surface area contributed by atoms with E-state index in [1.807, 2.05) is 48.5 Å². The molecule has 1 aliphatic heterocycles. The molecule has 0 saturated carbocycles. The molecule has 1 aliphatic rings. The smallest absolute Gasteiger partial charge is 0.265 e. The van der Waals surface area contributed by atoms with Crippen LogP contribution in [0.2, 0.25) is 0 Å². The van der Waals surface area contributed by atoms with Crippen molar-refractivity contribution in [2.24, 2.45) is 0 Å². The van der Waals surface area contributed by atoms with Crippen LogP contribution in [0, 0.1) is 0 Å². The van der Waals surface area contributed by atoms with Crippen molar-refractivity contribution in [1.82, 2.24) is 0 Å². The van der Waals surface area contributed by atoms with Gasteiger partial charge in [0, 0.05) is 24.5 Å². The van der Waals surface area contributed by atoms with Crippen LogP contribution >= 0.6 is 0 Å². The molecule has 2 aromatic rings. The number of rotatable bonds is 5. The van der Waals surface area contributed by atoms with Gasteiger partial charge in [0.05, 0.1) is 13.2 Å². The Morgan fingerprint density at radius 2 is 1.64 bits per heavy atom. The Morgan fingerprint density at radius 1 is 1.04 bits per heavy atom. The van der Waals surface area contributed by atoms with Crippen molar-refractivity contribution in [3.8, 4) is 5.75 Å². The van der Waals surface area contributed by atoms with Crippen LogP contribution in [-0.4, -0.2) is 38.3 Å². The fourth-order valence-electron chi connectivity index (χ4n) is 3.11. The SMILES string of the molecule is C[C@@H](Oc1ccc(C(C)(C)C)cc1)C(=O)Nc1ccc(N2CCOCC2)cc1.